The van der Waals surface area contributed by atoms with E-state index in [1.54, 1.807) is 0 Å². The largest absolute Gasteiger partial charge is 0.381 e. The smallest absolute Gasteiger partial charge is 0.0572 e. The zero-order chi connectivity index (χ0) is 13.9. The van der Waals surface area contributed by atoms with E-state index in [2.05, 4.69) is 18.7 Å². The summed E-state index contributed by atoms with van der Waals surface area (Å²) < 4.78 is 5.51. The van der Waals surface area contributed by atoms with Crippen LogP contribution in [0.1, 0.15) is 58.8 Å². The van der Waals surface area contributed by atoms with Gasteiger partial charge in [-0.1, -0.05) is 20.3 Å². The lowest BCUT2D eigenvalue weighted by molar-refractivity contribution is -0.0316. The van der Waals surface area contributed by atoms with Crippen LogP contribution in [-0.2, 0) is 4.74 Å². The fourth-order valence-corrected chi connectivity index (χ4v) is 3.89. The van der Waals surface area contributed by atoms with Gasteiger partial charge >= 0.3 is 0 Å². The van der Waals surface area contributed by atoms with Gasteiger partial charge in [-0.25, -0.2) is 0 Å². The van der Waals surface area contributed by atoms with Crippen LogP contribution in [0.5, 0.6) is 0 Å². The van der Waals surface area contributed by atoms with Crippen molar-refractivity contribution in [2.45, 2.75) is 70.4 Å². The van der Waals surface area contributed by atoms with Crippen molar-refractivity contribution >= 4 is 0 Å². The molecule has 2 rings (SSSR count). The second-order valence-electron chi connectivity index (χ2n) is 7.01. The van der Waals surface area contributed by atoms with Crippen LogP contribution in [0.25, 0.3) is 0 Å². The van der Waals surface area contributed by atoms with Gasteiger partial charge in [-0.05, 0) is 57.0 Å². The molecule has 1 saturated carbocycles. The minimum Gasteiger partial charge on any atom is -0.381 e. The Hall–Kier alpha value is -0.120. The van der Waals surface area contributed by atoms with Gasteiger partial charge in [0.25, 0.3) is 0 Å². The molecule has 3 nitrogen and oxygen atoms in total. The molecule has 3 heteroatoms. The Bertz CT molecular complexity index is 276. The predicted octanol–water partition coefficient (Wildman–Crippen LogP) is 2.79. The molecule has 2 aliphatic rings. The van der Waals surface area contributed by atoms with Gasteiger partial charge < -0.3 is 10.5 Å². The summed E-state index contributed by atoms with van der Waals surface area (Å²) in [5.74, 6) is 0. The monoisotopic (exact) mass is 268 g/mol. The van der Waals surface area contributed by atoms with E-state index >= 15 is 0 Å². The molecule has 0 spiro atoms. The summed E-state index contributed by atoms with van der Waals surface area (Å²) in [6, 6.07) is 0. The Morgan fingerprint density at radius 3 is 2.16 bits per heavy atom. The van der Waals surface area contributed by atoms with Gasteiger partial charge in [-0.3, -0.25) is 4.90 Å². The van der Waals surface area contributed by atoms with Crippen LogP contribution in [0.3, 0.4) is 0 Å². The van der Waals surface area contributed by atoms with E-state index in [4.69, 9.17) is 10.5 Å². The first-order valence-electron chi connectivity index (χ1n) is 8.05. The molecule has 1 heterocycles. The van der Waals surface area contributed by atoms with Gasteiger partial charge in [0.05, 0.1) is 6.10 Å². The molecule has 0 unspecified atom stereocenters. The molecule has 112 valence electrons. The van der Waals surface area contributed by atoms with Crippen molar-refractivity contribution in [3.8, 4) is 0 Å². The van der Waals surface area contributed by atoms with E-state index in [1.807, 2.05) is 7.11 Å². The highest BCUT2D eigenvalue weighted by Gasteiger charge is 2.42. The highest BCUT2D eigenvalue weighted by Crippen LogP contribution is 2.40. The normalized spacial score (nSPS) is 36.3. The number of rotatable bonds is 4. The van der Waals surface area contributed by atoms with Crippen LogP contribution in [0.4, 0.5) is 0 Å². The van der Waals surface area contributed by atoms with E-state index in [0.29, 0.717) is 11.5 Å². The summed E-state index contributed by atoms with van der Waals surface area (Å²) >= 11 is 0. The van der Waals surface area contributed by atoms with Crippen molar-refractivity contribution in [3.63, 3.8) is 0 Å². The maximum absolute atomic E-state index is 6.17. The topological polar surface area (TPSA) is 38.5 Å². The zero-order valence-electron chi connectivity index (χ0n) is 13.1. The predicted molar refractivity (Wildman–Crippen MR) is 80.3 cm³/mol. The first-order chi connectivity index (χ1) is 9.07. The Morgan fingerprint density at radius 1 is 1.16 bits per heavy atom. The molecule has 19 heavy (non-hydrogen) atoms. The Kier molecular flexibility index (Phi) is 4.91. The molecule has 0 bridgehead atoms. The lowest BCUT2D eigenvalue weighted by Crippen LogP contribution is -2.59. The number of likely N-dealkylation sites (tertiary alicyclic amines) is 1. The number of nitrogens with zero attached hydrogens (tertiary/aromatic N) is 1. The minimum absolute atomic E-state index is 0.268. The van der Waals surface area contributed by atoms with Crippen LogP contribution in [0, 0.1) is 5.41 Å². The van der Waals surface area contributed by atoms with Gasteiger partial charge in [0, 0.05) is 19.2 Å². The van der Waals surface area contributed by atoms with Gasteiger partial charge in [0.15, 0.2) is 0 Å². The van der Waals surface area contributed by atoms with E-state index < -0.39 is 0 Å². The third-order valence-corrected chi connectivity index (χ3v) is 6.07. The summed E-state index contributed by atoms with van der Waals surface area (Å²) in [4.78, 5) is 2.70. The molecular weight excluding hydrogens is 236 g/mol. The van der Waals surface area contributed by atoms with Crippen molar-refractivity contribution in [2.24, 2.45) is 11.1 Å². The number of hydrogen-bond donors (Lipinski definition) is 1. The summed E-state index contributed by atoms with van der Waals surface area (Å²) in [6.07, 6.45) is 9.21. The average molecular weight is 268 g/mol. The highest BCUT2D eigenvalue weighted by molar-refractivity contribution is 4.98. The fourth-order valence-electron chi connectivity index (χ4n) is 3.89. The lowest BCUT2D eigenvalue weighted by atomic mass is 9.73. The third kappa shape index (κ3) is 3.14. The first kappa shape index (κ1) is 15.3. The molecule has 0 aromatic rings. The molecule has 0 amide bonds. The number of nitrogens with two attached hydrogens (primary N) is 1. The molecule has 0 radical (unpaired) electrons. The lowest BCUT2D eigenvalue weighted by Gasteiger charge is -2.51. The first-order valence-corrected chi connectivity index (χ1v) is 8.05. The number of piperidine rings is 1. The van der Waals surface area contributed by atoms with Crippen LogP contribution in [-0.4, -0.2) is 43.3 Å². The maximum Gasteiger partial charge on any atom is 0.0572 e. The second kappa shape index (κ2) is 6.11. The van der Waals surface area contributed by atoms with Gasteiger partial charge in [0.2, 0.25) is 0 Å². The van der Waals surface area contributed by atoms with Crippen molar-refractivity contribution in [1.29, 1.82) is 0 Å². The van der Waals surface area contributed by atoms with Crippen molar-refractivity contribution < 1.29 is 4.74 Å². The fraction of sp³-hybridized carbons (Fsp3) is 1.00. The summed E-state index contributed by atoms with van der Waals surface area (Å²) in [5, 5.41) is 0. The van der Waals surface area contributed by atoms with Crippen molar-refractivity contribution in [1.82, 2.24) is 4.90 Å². The maximum atomic E-state index is 6.17. The molecule has 1 aliphatic carbocycles. The molecular formula is C16H32N2O. The van der Waals surface area contributed by atoms with E-state index in [0.717, 1.165) is 6.54 Å². The number of ether oxygens (including phenoxy) is 1. The second-order valence-corrected chi connectivity index (χ2v) is 7.01. The quantitative estimate of drug-likeness (QED) is 0.852. The third-order valence-electron chi connectivity index (χ3n) is 6.07. The van der Waals surface area contributed by atoms with E-state index in [1.165, 1.54) is 58.0 Å². The summed E-state index contributed by atoms with van der Waals surface area (Å²) in [5.41, 5.74) is 7.01. The van der Waals surface area contributed by atoms with E-state index in [9.17, 15) is 0 Å². The van der Waals surface area contributed by atoms with Crippen LogP contribution < -0.4 is 5.73 Å². The van der Waals surface area contributed by atoms with Gasteiger partial charge in [0.1, 0.15) is 0 Å². The SMILES string of the molecule is CCC1(C)CCN(C2(CN)CCC(OC)CC2)CC1. The van der Waals surface area contributed by atoms with Crippen molar-refractivity contribution in [3.05, 3.63) is 0 Å². The van der Waals surface area contributed by atoms with Crippen LogP contribution in [0.2, 0.25) is 0 Å². The number of methoxy groups -OCH3 is 1. The zero-order valence-corrected chi connectivity index (χ0v) is 13.1. The van der Waals surface area contributed by atoms with Crippen molar-refractivity contribution in [2.75, 3.05) is 26.7 Å². The number of hydrogen-bond acceptors (Lipinski definition) is 3. The Morgan fingerprint density at radius 2 is 1.74 bits per heavy atom. The van der Waals surface area contributed by atoms with E-state index in [-0.39, 0.29) is 5.54 Å². The Balaban J connectivity index is 1.96. The molecule has 1 aliphatic heterocycles. The highest BCUT2D eigenvalue weighted by atomic mass is 16.5. The standard InChI is InChI=1S/C16H32N2O/c1-4-15(2)9-11-18(12-10-15)16(13-17)7-5-14(19-3)6-8-16/h14H,4-13,17H2,1-3H3. The molecule has 0 atom stereocenters. The van der Waals surface area contributed by atoms with Gasteiger partial charge in [-0.15, -0.1) is 0 Å². The van der Waals surface area contributed by atoms with Crippen LogP contribution in [0.15, 0.2) is 0 Å². The summed E-state index contributed by atoms with van der Waals surface area (Å²) in [6.45, 7) is 8.06. The molecule has 2 N–H and O–H groups in total. The molecule has 0 aromatic heterocycles. The molecule has 1 saturated heterocycles. The average Bonchev–Trinajstić information content (AvgIpc) is 2.48. The molecule has 2 fully saturated rings. The van der Waals surface area contributed by atoms with Crippen LogP contribution >= 0.6 is 0 Å². The minimum atomic E-state index is 0.268. The summed E-state index contributed by atoms with van der Waals surface area (Å²) in [7, 11) is 1.84. The van der Waals surface area contributed by atoms with Gasteiger partial charge in [-0.2, -0.15) is 0 Å². The Labute approximate surface area is 118 Å². The molecule has 0 aromatic carbocycles.